The minimum Gasteiger partial charge on any atom is -0.383 e. The molecule has 7 nitrogen and oxygen atoms in total. The largest absolute Gasteiger partial charge is 0.383 e. The third-order valence-electron chi connectivity index (χ3n) is 3.57. The van der Waals surface area contributed by atoms with Gasteiger partial charge < -0.3 is 10.1 Å². The summed E-state index contributed by atoms with van der Waals surface area (Å²) >= 11 is 0. The van der Waals surface area contributed by atoms with Crippen molar-refractivity contribution in [1.82, 2.24) is 15.1 Å². The first-order chi connectivity index (χ1) is 9.95. The first-order valence-electron chi connectivity index (χ1n) is 7.10. The van der Waals surface area contributed by atoms with E-state index in [2.05, 4.69) is 10.4 Å². The van der Waals surface area contributed by atoms with Gasteiger partial charge in [0.2, 0.25) is 11.8 Å². The summed E-state index contributed by atoms with van der Waals surface area (Å²) in [5.74, 6) is -0.217. The highest BCUT2D eigenvalue weighted by Gasteiger charge is 2.41. The lowest BCUT2D eigenvalue weighted by atomic mass is 9.97. The molecule has 2 heterocycles. The van der Waals surface area contributed by atoms with Crippen molar-refractivity contribution >= 4 is 17.5 Å². The molecule has 0 aliphatic carbocycles. The maximum atomic E-state index is 12.5. The molecule has 1 aromatic rings. The van der Waals surface area contributed by atoms with Crippen molar-refractivity contribution in [2.45, 2.75) is 39.4 Å². The molecule has 116 valence electrons. The maximum Gasteiger partial charge on any atom is 0.250 e. The second-order valence-electron chi connectivity index (χ2n) is 5.58. The fourth-order valence-electron chi connectivity index (χ4n) is 2.50. The second kappa shape index (κ2) is 6.26. The Bertz CT molecular complexity index is 526. The van der Waals surface area contributed by atoms with Crippen LogP contribution in [0.1, 0.15) is 20.8 Å². The molecular formula is C14H22N4O3. The number of aromatic nitrogens is 2. The number of carbonyl (C=O) groups excluding carboxylic acids is 2. The molecule has 1 aliphatic heterocycles. The zero-order chi connectivity index (χ0) is 15.6. The molecule has 7 heteroatoms. The van der Waals surface area contributed by atoms with E-state index in [9.17, 15) is 9.59 Å². The van der Waals surface area contributed by atoms with Crippen LogP contribution in [0, 0.1) is 5.92 Å². The molecule has 2 atom stereocenters. The Morgan fingerprint density at radius 1 is 1.43 bits per heavy atom. The molecule has 0 radical (unpaired) electrons. The summed E-state index contributed by atoms with van der Waals surface area (Å²) in [6.07, 6.45) is 3.39. The molecule has 0 saturated carbocycles. The number of piperazine rings is 1. The summed E-state index contributed by atoms with van der Waals surface area (Å²) in [5, 5.41) is 6.94. The van der Waals surface area contributed by atoms with Crippen LogP contribution in [0.25, 0.3) is 0 Å². The first-order valence-corrected chi connectivity index (χ1v) is 7.10. The minimum atomic E-state index is -0.519. The molecular weight excluding hydrogens is 272 g/mol. The van der Waals surface area contributed by atoms with Crippen molar-refractivity contribution in [3.8, 4) is 0 Å². The van der Waals surface area contributed by atoms with Gasteiger partial charge in [-0.3, -0.25) is 19.2 Å². The lowest BCUT2D eigenvalue weighted by Gasteiger charge is -2.39. The Kier molecular flexibility index (Phi) is 4.62. The van der Waals surface area contributed by atoms with E-state index in [1.165, 1.54) is 0 Å². The van der Waals surface area contributed by atoms with Crippen LogP contribution in [0.3, 0.4) is 0 Å². The summed E-state index contributed by atoms with van der Waals surface area (Å²) < 4.78 is 6.72. The third kappa shape index (κ3) is 3.07. The number of ether oxygens (including phenoxy) is 1. The van der Waals surface area contributed by atoms with Crippen LogP contribution >= 0.6 is 0 Å². The molecule has 0 aromatic carbocycles. The second-order valence-corrected chi connectivity index (χ2v) is 5.58. The van der Waals surface area contributed by atoms with Crippen LogP contribution in [0.5, 0.6) is 0 Å². The van der Waals surface area contributed by atoms with Crippen molar-refractivity contribution in [2.75, 3.05) is 18.6 Å². The molecule has 0 bridgehead atoms. The van der Waals surface area contributed by atoms with E-state index in [1.807, 2.05) is 13.8 Å². The summed E-state index contributed by atoms with van der Waals surface area (Å²) in [6.45, 7) is 6.69. The quantitative estimate of drug-likeness (QED) is 0.853. The predicted molar refractivity (Wildman–Crippen MR) is 77.8 cm³/mol. The monoisotopic (exact) mass is 294 g/mol. The molecule has 1 fully saturated rings. The van der Waals surface area contributed by atoms with Crippen LogP contribution in [-0.4, -0.2) is 47.4 Å². The van der Waals surface area contributed by atoms with Gasteiger partial charge in [0.05, 0.1) is 25.0 Å². The number of methoxy groups -OCH3 is 1. The number of amides is 2. The van der Waals surface area contributed by atoms with Gasteiger partial charge in [0, 0.05) is 13.3 Å². The van der Waals surface area contributed by atoms with Gasteiger partial charge >= 0.3 is 0 Å². The molecule has 1 aliphatic rings. The molecule has 0 spiro atoms. The van der Waals surface area contributed by atoms with Gasteiger partial charge in [-0.2, -0.15) is 5.10 Å². The van der Waals surface area contributed by atoms with E-state index in [0.717, 1.165) is 0 Å². The Balaban J connectivity index is 2.29. The smallest absolute Gasteiger partial charge is 0.250 e. The zero-order valence-electron chi connectivity index (χ0n) is 12.9. The van der Waals surface area contributed by atoms with Gasteiger partial charge in [0.1, 0.15) is 12.1 Å². The Morgan fingerprint density at radius 2 is 2.14 bits per heavy atom. The summed E-state index contributed by atoms with van der Waals surface area (Å²) in [6, 6.07) is -1.02. The van der Waals surface area contributed by atoms with Gasteiger partial charge in [-0.25, -0.2) is 0 Å². The van der Waals surface area contributed by atoms with Crippen molar-refractivity contribution in [1.29, 1.82) is 0 Å². The molecule has 1 N–H and O–H groups in total. The topological polar surface area (TPSA) is 76.5 Å². The third-order valence-corrected chi connectivity index (χ3v) is 3.57. The maximum absolute atomic E-state index is 12.5. The molecule has 1 aromatic heterocycles. The summed E-state index contributed by atoms with van der Waals surface area (Å²) in [4.78, 5) is 26.2. The van der Waals surface area contributed by atoms with E-state index in [0.29, 0.717) is 18.8 Å². The van der Waals surface area contributed by atoms with E-state index < -0.39 is 12.1 Å². The number of rotatable bonds is 5. The van der Waals surface area contributed by atoms with Gasteiger partial charge in [-0.05, 0) is 12.8 Å². The highest BCUT2D eigenvalue weighted by molar-refractivity contribution is 6.08. The molecule has 2 rings (SSSR count). The van der Waals surface area contributed by atoms with Crippen molar-refractivity contribution < 1.29 is 14.3 Å². The average molecular weight is 294 g/mol. The van der Waals surface area contributed by atoms with Crippen LogP contribution in [-0.2, 0) is 20.9 Å². The highest BCUT2D eigenvalue weighted by Crippen LogP contribution is 2.24. The number of nitrogens with one attached hydrogen (secondary N) is 1. The van der Waals surface area contributed by atoms with Gasteiger partial charge in [-0.1, -0.05) is 13.8 Å². The summed E-state index contributed by atoms with van der Waals surface area (Å²) in [5.41, 5.74) is 0.650. The highest BCUT2D eigenvalue weighted by atomic mass is 16.5. The molecule has 21 heavy (non-hydrogen) atoms. The molecule has 1 saturated heterocycles. The Morgan fingerprint density at radius 3 is 2.76 bits per heavy atom. The van der Waals surface area contributed by atoms with Crippen LogP contribution in [0.2, 0.25) is 0 Å². The normalized spacial score (nSPS) is 22.8. The van der Waals surface area contributed by atoms with E-state index >= 15 is 0 Å². The Labute approximate surface area is 124 Å². The van der Waals surface area contributed by atoms with Gasteiger partial charge in [0.15, 0.2) is 0 Å². The number of carbonyl (C=O) groups is 2. The zero-order valence-corrected chi connectivity index (χ0v) is 12.9. The van der Waals surface area contributed by atoms with Crippen LogP contribution in [0.4, 0.5) is 5.69 Å². The SMILES string of the molecule is COCCn1cc(N2C(=O)C(C)NC(=O)C2C(C)C)cn1. The molecule has 2 unspecified atom stereocenters. The van der Waals surface area contributed by atoms with Crippen molar-refractivity contribution in [2.24, 2.45) is 5.92 Å². The van der Waals surface area contributed by atoms with Crippen molar-refractivity contribution in [3.63, 3.8) is 0 Å². The summed E-state index contributed by atoms with van der Waals surface area (Å²) in [7, 11) is 1.62. The van der Waals surface area contributed by atoms with E-state index in [-0.39, 0.29) is 17.7 Å². The van der Waals surface area contributed by atoms with E-state index in [4.69, 9.17) is 4.74 Å². The van der Waals surface area contributed by atoms with Crippen molar-refractivity contribution in [3.05, 3.63) is 12.4 Å². The van der Waals surface area contributed by atoms with E-state index in [1.54, 1.807) is 36.0 Å². The number of nitrogens with zero attached hydrogens (tertiary/aromatic N) is 3. The average Bonchev–Trinajstić information content (AvgIpc) is 2.88. The number of anilines is 1. The lowest BCUT2D eigenvalue weighted by Crippen LogP contribution is -2.64. The van der Waals surface area contributed by atoms with Crippen LogP contribution in [0.15, 0.2) is 12.4 Å². The number of hydrogen-bond donors (Lipinski definition) is 1. The van der Waals surface area contributed by atoms with Gasteiger partial charge in [0.25, 0.3) is 0 Å². The Hall–Kier alpha value is -1.89. The molecule has 2 amide bonds. The fraction of sp³-hybridized carbons (Fsp3) is 0.643. The number of hydrogen-bond acceptors (Lipinski definition) is 4. The lowest BCUT2D eigenvalue weighted by molar-refractivity contribution is -0.134. The predicted octanol–water partition coefficient (Wildman–Crippen LogP) is 0.405. The first kappa shape index (κ1) is 15.5. The fourth-order valence-corrected chi connectivity index (χ4v) is 2.50. The standard InChI is InChI=1S/C14H22N4O3/c1-9(2)12-13(19)16-10(3)14(20)18(12)11-7-15-17(8-11)5-6-21-4/h7-10,12H,5-6H2,1-4H3,(H,16,19). The van der Waals surface area contributed by atoms with Crippen LogP contribution < -0.4 is 10.2 Å². The van der Waals surface area contributed by atoms with Gasteiger partial charge in [-0.15, -0.1) is 0 Å². The minimum absolute atomic E-state index is 0.0174.